The lowest BCUT2D eigenvalue weighted by molar-refractivity contribution is -0.0540. The van der Waals surface area contributed by atoms with Gasteiger partial charge in [0.1, 0.15) is 12.6 Å². The van der Waals surface area contributed by atoms with Gasteiger partial charge in [-0.1, -0.05) is 60.7 Å². The van der Waals surface area contributed by atoms with Crippen LogP contribution in [-0.4, -0.2) is 34.2 Å². The summed E-state index contributed by atoms with van der Waals surface area (Å²) in [6.45, 7) is 6.68. The Morgan fingerprint density at radius 1 is 1.10 bits per heavy atom. The number of hydrogen-bond donors (Lipinski definition) is 0. The fraction of sp³-hybridized carbons (Fsp3) is 0.360. The van der Waals surface area contributed by atoms with Gasteiger partial charge in [-0.15, -0.1) is 0 Å². The summed E-state index contributed by atoms with van der Waals surface area (Å²) in [5, 5.41) is 0. The van der Waals surface area contributed by atoms with Gasteiger partial charge in [-0.05, 0) is 26.3 Å². The molecule has 2 heterocycles. The molecule has 0 bridgehead atoms. The molecule has 2 aromatic carbocycles. The van der Waals surface area contributed by atoms with E-state index in [0.29, 0.717) is 24.6 Å². The average Bonchev–Trinajstić information content (AvgIpc) is 3.39. The fourth-order valence-electron chi connectivity index (χ4n) is 3.80. The highest BCUT2D eigenvalue weighted by molar-refractivity contribution is 5.69. The number of aromatic nitrogens is 1. The Hall–Kier alpha value is -3.12. The van der Waals surface area contributed by atoms with E-state index in [1.54, 1.807) is 11.1 Å². The number of carbonyl (C=O) groups excluding carboxylic acids is 1. The molecule has 1 aromatic heterocycles. The van der Waals surface area contributed by atoms with E-state index in [9.17, 15) is 4.79 Å². The molecule has 1 amide bonds. The van der Waals surface area contributed by atoms with Crippen LogP contribution in [0.25, 0.3) is 11.3 Å². The number of rotatable bonds is 5. The van der Waals surface area contributed by atoms with Gasteiger partial charge in [0.25, 0.3) is 0 Å². The second-order valence-corrected chi connectivity index (χ2v) is 8.73. The van der Waals surface area contributed by atoms with E-state index in [1.807, 2.05) is 81.4 Å². The normalized spacial score (nSPS) is 18.9. The first kappa shape index (κ1) is 21.1. The van der Waals surface area contributed by atoms with Crippen LogP contribution in [0.3, 0.4) is 0 Å². The Bertz CT molecular complexity index is 995. The summed E-state index contributed by atoms with van der Waals surface area (Å²) in [6, 6.07) is 19.1. The van der Waals surface area contributed by atoms with Gasteiger partial charge < -0.3 is 13.9 Å². The number of likely N-dealkylation sites (tertiary alicyclic amines) is 1. The summed E-state index contributed by atoms with van der Waals surface area (Å²) in [7, 11) is 0. The van der Waals surface area contributed by atoms with Gasteiger partial charge in [-0.25, -0.2) is 9.78 Å². The number of oxazole rings is 1. The third kappa shape index (κ3) is 5.33. The maximum absolute atomic E-state index is 13.0. The van der Waals surface area contributed by atoms with Crippen LogP contribution >= 0.6 is 0 Å². The van der Waals surface area contributed by atoms with E-state index >= 15 is 0 Å². The molecule has 0 aliphatic carbocycles. The summed E-state index contributed by atoms with van der Waals surface area (Å²) in [5.74, 6) is 1.17. The van der Waals surface area contributed by atoms with Gasteiger partial charge in [0, 0.05) is 12.0 Å². The monoisotopic (exact) mass is 420 g/mol. The quantitative estimate of drug-likeness (QED) is 0.537. The molecular formula is C25H28N2O4. The summed E-state index contributed by atoms with van der Waals surface area (Å²) < 4.78 is 17.8. The first-order valence-corrected chi connectivity index (χ1v) is 10.6. The summed E-state index contributed by atoms with van der Waals surface area (Å²) >= 11 is 0. The predicted octanol–water partition coefficient (Wildman–Crippen LogP) is 5.61. The number of ether oxygens (including phenoxy) is 2. The highest BCUT2D eigenvalue weighted by Crippen LogP contribution is 2.36. The standard InChI is InChI=1S/C25H28N2O4/c1-25(2,3)31-20-14-21(23-26-15-22(30-23)19-12-8-5-9-13-19)27(16-20)24(28)29-17-18-10-6-4-7-11-18/h4-13,15,20-21H,14,16-17H2,1-3H3/t20-,21+/m1/s1. The molecule has 0 saturated carbocycles. The van der Waals surface area contributed by atoms with E-state index in [4.69, 9.17) is 13.9 Å². The van der Waals surface area contributed by atoms with Crippen molar-refractivity contribution in [3.8, 4) is 11.3 Å². The number of amides is 1. The van der Waals surface area contributed by atoms with Gasteiger partial charge in [0.15, 0.2) is 5.76 Å². The van der Waals surface area contributed by atoms with Gasteiger partial charge in [-0.3, -0.25) is 4.90 Å². The molecule has 1 fully saturated rings. The van der Waals surface area contributed by atoms with Crippen molar-refractivity contribution in [1.29, 1.82) is 0 Å². The molecule has 3 aromatic rings. The molecule has 1 saturated heterocycles. The average molecular weight is 421 g/mol. The Balaban J connectivity index is 1.52. The van der Waals surface area contributed by atoms with E-state index < -0.39 is 6.09 Å². The highest BCUT2D eigenvalue weighted by atomic mass is 16.6. The molecule has 0 N–H and O–H groups in total. The summed E-state index contributed by atoms with van der Waals surface area (Å²) in [6.07, 6.45) is 1.79. The van der Waals surface area contributed by atoms with Crippen LogP contribution in [0.1, 0.15) is 44.7 Å². The van der Waals surface area contributed by atoms with Crippen molar-refractivity contribution < 1.29 is 18.7 Å². The van der Waals surface area contributed by atoms with Crippen molar-refractivity contribution in [3.05, 3.63) is 78.3 Å². The van der Waals surface area contributed by atoms with Crippen LogP contribution in [0.4, 0.5) is 4.79 Å². The second kappa shape index (κ2) is 8.94. The van der Waals surface area contributed by atoms with Crippen molar-refractivity contribution in [3.63, 3.8) is 0 Å². The molecule has 6 heteroatoms. The third-order valence-electron chi connectivity index (χ3n) is 5.09. The Morgan fingerprint density at radius 3 is 2.45 bits per heavy atom. The summed E-state index contributed by atoms with van der Waals surface area (Å²) in [5.41, 5.74) is 1.57. The van der Waals surface area contributed by atoms with E-state index in [0.717, 1.165) is 11.1 Å². The molecule has 0 spiro atoms. The number of carbonyl (C=O) groups is 1. The lowest BCUT2D eigenvalue weighted by atomic mass is 10.1. The first-order chi connectivity index (χ1) is 14.9. The van der Waals surface area contributed by atoms with Crippen molar-refractivity contribution in [2.45, 2.75) is 51.5 Å². The number of hydrogen-bond acceptors (Lipinski definition) is 5. The maximum atomic E-state index is 13.0. The van der Waals surface area contributed by atoms with Gasteiger partial charge in [0.05, 0.1) is 24.4 Å². The Kier molecular flexibility index (Phi) is 6.09. The SMILES string of the molecule is CC(C)(C)O[C@@H]1C[C@@H](c2ncc(-c3ccccc3)o2)N(C(=O)OCc2ccccc2)C1. The minimum atomic E-state index is -0.395. The van der Waals surface area contributed by atoms with E-state index in [-0.39, 0.29) is 24.4 Å². The van der Waals surface area contributed by atoms with Crippen molar-refractivity contribution >= 4 is 6.09 Å². The zero-order chi connectivity index (χ0) is 21.8. The molecule has 162 valence electrons. The lowest BCUT2D eigenvalue weighted by Gasteiger charge is -2.24. The minimum absolute atomic E-state index is 0.124. The molecule has 31 heavy (non-hydrogen) atoms. The van der Waals surface area contributed by atoms with Gasteiger partial charge >= 0.3 is 6.09 Å². The predicted molar refractivity (Wildman–Crippen MR) is 117 cm³/mol. The molecule has 1 aliphatic rings. The largest absolute Gasteiger partial charge is 0.445 e. The van der Waals surface area contributed by atoms with Gasteiger partial charge in [0.2, 0.25) is 5.89 Å². The van der Waals surface area contributed by atoms with Crippen LogP contribution in [-0.2, 0) is 16.1 Å². The minimum Gasteiger partial charge on any atom is -0.445 e. The Morgan fingerprint density at radius 2 is 1.77 bits per heavy atom. The smallest absolute Gasteiger partial charge is 0.410 e. The maximum Gasteiger partial charge on any atom is 0.410 e. The van der Waals surface area contributed by atoms with Crippen LogP contribution in [0.15, 0.2) is 71.3 Å². The molecule has 1 aliphatic heterocycles. The van der Waals surface area contributed by atoms with E-state index in [2.05, 4.69) is 4.98 Å². The topological polar surface area (TPSA) is 64.8 Å². The van der Waals surface area contributed by atoms with Crippen LogP contribution in [0.2, 0.25) is 0 Å². The zero-order valence-corrected chi connectivity index (χ0v) is 18.2. The zero-order valence-electron chi connectivity index (χ0n) is 18.2. The fourth-order valence-corrected chi connectivity index (χ4v) is 3.80. The molecule has 4 rings (SSSR count). The molecule has 2 atom stereocenters. The lowest BCUT2D eigenvalue weighted by Crippen LogP contribution is -2.34. The van der Waals surface area contributed by atoms with Gasteiger partial charge in [-0.2, -0.15) is 0 Å². The molecule has 6 nitrogen and oxygen atoms in total. The third-order valence-corrected chi connectivity index (χ3v) is 5.09. The molecule has 0 unspecified atom stereocenters. The van der Waals surface area contributed by atoms with Crippen LogP contribution < -0.4 is 0 Å². The number of nitrogens with zero attached hydrogens (tertiary/aromatic N) is 2. The van der Waals surface area contributed by atoms with E-state index in [1.165, 1.54) is 0 Å². The summed E-state index contributed by atoms with van der Waals surface area (Å²) in [4.78, 5) is 19.1. The van der Waals surface area contributed by atoms with Crippen LogP contribution in [0, 0.1) is 0 Å². The van der Waals surface area contributed by atoms with Crippen molar-refractivity contribution in [2.24, 2.45) is 0 Å². The van der Waals surface area contributed by atoms with Crippen molar-refractivity contribution in [2.75, 3.05) is 6.54 Å². The first-order valence-electron chi connectivity index (χ1n) is 10.6. The highest BCUT2D eigenvalue weighted by Gasteiger charge is 2.41. The van der Waals surface area contributed by atoms with Crippen LogP contribution in [0.5, 0.6) is 0 Å². The molecule has 0 radical (unpaired) electrons. The molecular weight excluding hydrogens is 392 g/mol. The number of benzene rings is 2. The Labute approximate surface area is 182 Å². The van der Waals surface area contributed by atoms with Crippen molar-refractivity contribution in [1.82, 2.24) is 9.88 Å². The second-order valence-electron chi connectivity index (χ2n) is 8.73.